The molecule has 0 N–H and O–H groups in total. The number of rotatable bonds is 5. The van der Waals surface area contributed by atoms with Crippen molar-refractivity contribution in [2.24, 2.45) is 0 Å². The van der Waals surface area contributed by atoms with E-state index in [1.807, 2.05) is 29.3 Å². The number of ether oxygens (including phenoxy) is 1. The van der Waals surface area contributed by atoms with Gasteiger partial charge in [0.05, 0.1) is 30.7 Å². The molecule has 2 saturated heterocycles. The van der Waals surface area contributed by atoms with Crippen LogP contribution in [-0.4, -0.2) is 58.9 Å². The van der Waals surface area contributed by atoms with E-state index in [-0.39, 0.29) is 6.10 Å². The van der Waals surface area contributed by atoms with Gasteiger partial charge in [0.15, 0.2) is 0 Å². The van der Waals surface area contributed by atoms with E-state index in [1.54, 1.807) is 0 Å². The molecule has 2 aromatic heterocycles. The molecular weight excluding hydrogens is 388 g/mol. The van der Waals surface area contributed by atoms with E-state index >= 15 is 0 Å². The molecule has 7 heteroatoms. The Balaban J connectivity index is 1.23. The third-order valence-corrected chi connectivity index (χ3v) is 6.35. The first-order valence-electron chi connectivity index (χ1n) is 11.3. The van der Waals surface area contributed by atoms with Crippen LogP contribution >= 0.6 is 0 Å². The fourth-order valence-corrected chi connectivity index (χ4v) is 4.57. The van der Waals surface area contributed by atoms with Crippen LogP contribution in [0.3, 0.4) is 0 Å². The average molecular weight is 419 g/mol. The molecule has 0 aliphatic carbocycles. The van der Waals surface area contributed by atoms with Crippen molar-refractivity contribution in [3.63, 3.8) is 0 Å². The number of aromatic nitrogens is 4. The molecule has 0 bridgehead atoms. The smallest absolute Gasteiger partial charge is 0.113 e. The maximum absolute atomic E-state index is 5.84. The zero-order valence-corrected chi connectivity index (χ0v) is 18.2. The van der Waals surface area contributed by atoms with Crippen LogP contribution in [0.15, 0.2) is 48.9 Å². The standard InChI is InChI=1S/C24H30N6O/c1-19-15-20(28-10-12-29(13-11-28)21-5-4-9-25-16-21)7-8-23(19)24-18-30(27-26-24)17-22-6-2-3-14-31-22/h4-5,7-9,15-16,18,22H,2-3,6,10-14,17H2,1H3. The van der Waals surface area contributed by atoms with E-state index in [0.717, 1.165) is 57.0 Å². The van der Waals surface area contributed by atoms with Crippen LogP contribution in [-0.2, 0) is 11.3 Å². The number of benzene rings is 1. The Morgan fingerprint density at radius 2 is 1.87 bits per heavy atom. The van der Waals surface area contributed by atoms with Gasteiger partial charge in [-0.25, -0.2) is 4.68 Å². The van der Waals surface area contributed by atoms with Gasteiger partial charge in [-0.15, -0.1) is 5.10 Å². The molecule has 5 rings (SSSR count). The van der Waals surface area contributed by atoms with Crippen molar-refractivity contribution in [2.45, 2.75) is 38.8 Å². The van der Waals surface area contributed by atoms with Gasteiger partial charge in [-0.2, -0.15) is 0 Å². The van der Waals surface area contributed by atoms with E-state index in [2.05, 4.69) is 56.3 Å². The summed E-state index contributed by atoms with van der Waals surface area (Å²) in [7, 11) is 0. The van der Waals surface area contributed by atoms with Gasteiger partial charge in [-0.3, -0.25) is 4.98 Å². The van der Waals surface area contributed by atoms with E-state index in [0.29, 0.717) is 0 Å². The molecule has 1 aromatic carbocycles. The number of aryl methyl sites for hydroxylation is 1. The molecule has 31 heavy (non-hydrogen) atoms. The van der Waals surface area contributed by atoms with Crippen LogP contribution in [0.4, 0.5) is 11.4 Å². The van der Waals surface area contributed by atoms with Crippen molar-refractivity contribution in [3.8, 4) is 11.3 Å². The fraction of sp³-hybridized carbons (Fsp3) is 0.458. The van der Waals surface area contributed by atoms with E-state index in [4.69, 9.17) is 4.74 Å². The Labute approximate surface area is 183 Å². The van der Waals surface area contributed by atoms with Gasteiger partial charge in [0.25, 0.3) is 0 Å². The van der Waals surface area contributed by atoms with Crippen molar-refractivity contribution in [2.75, 3.05) is 42.6 Å². The number of nitrogens with zero attached hydrogens (tertiary/aromatic N) is 6. The second kappa shape index (κ2) is 9.06. The molecule has 162 valence electrons. The topological polar surface area (TPSA) is 59.3 Å². The molecule has 1 unspecified atom stereocenters. The van der Waals surface area contributed by atoms with E-state index in [9.17, 15) is 0 Å². The Bertz CT molecular complexity index is 990. The number of hydrogen-bond acceptors (Lipinski definition) is 6. The highest BCUT2D eigenvalue weighted by Gasteiger charge is 2.19. The Morgan fingerprint density at radius 1 is 1.03 bits per heavy atom. The molecule has 1 atom stereocenters. The second-order valence-corrected chi connectivity index (χ2v) is 8.50. The minimum atomic E-state index is 0.261. The molecule has 0 spiro atoms. The van der Waals surface area contributed by atoms with Crippen molar-refractivity contribution >= 4 is 11.4 Å². The van der Waals surface area contributed by atoms with Gasteiger partial charge >= 0.3 is 0 Å². The van der Waals surface area contributed by atoms with Crippen LogP contribution in [0.2, 0.25) is 0 Å². The number of anilines is 2. The van der Waals surface area contributed by atoms with Gasteiger partial charge < -0.3 is 14.5 Å². The molecule has 2 aliphatic heterocycles. The summed E-state index contributed by atoms with van der Waals surface area (Å²) < 4.78 is 7.77. The number of pyridine rings is 1. The summed E-state index contributed by atoms with van der Waals surface area (Å²) in [5.74, 6) is 0. The summed E-state index contributed by atoms with van der Waals surface area (Å²) in [6.45, 7) is 7.83. The van der Waals surface area contributed by atoms with E-state index < -0.39 is 0 Å². The van der Waals surface area contributed by atoms with Crippen LogP contribution in [0, 0.1) is 6.92 Å². The summed E-state index contributed by atoms with van der Waals surface area (Å²) in [6.07, 6.45) is 9.60. The summed E-state index contributed by atoms with van der Waals surface area (Å²) in [6, 6.07) is 10.8. The quantitative estimate of drug-likeness (QED) is 0.632. The maximum Gasteiger partial charge on any atom is 0.113 e. The molecule has 0 saturated carbocycles. The van der Waals surface area contributed by atoms with Crippen LogP contribution in [0.5, 0.6) is 0 Å². The average Bonchev–Trinajstić information content (AvgIpc) is 3.28. The van der Waals surface area contributed by atoms with Crippen LogP contribution in [0.1, 0.15) is 24.8 Å². The molecule has 2 fully saturated rings. The van der Waals surface area contributed by atoms with E-state index in [1.165, 1.54) is 29.8 Å². The molecule has 0 radical (unpaired) electrons. The first-order chi connectivity index (χ1) is 15.3. The first-order valence-corrected chi connectivity index (χ1v) is 11.3. The highest BCUT2D eigenvalue weighted by Crippen LogP contribution is 2.27. The lowest BCUT2D eigenvalue weighted by atomic mass is 10.0. The molecule has 0 amide bonds. The van der Waals surface area contributed by atoms with Gasteiger partial charge in [0, 0.05) is 50.2 Å². The number of piperazine rings is 1. The number of hydrogen-bond donors (Lipinski definition) is 0. The SMILES string of the molecule is Cc1cc(N2CCN(c3cccnc3)CC2)ccc1-c1cn(CC2CCCCO2)nn1. The largest absolute Gasteiger partial charge is 0.376 e. The predicted molar refractivity (Wildman–Crippen MR) is 122 cm³/mol. The molecule has 7 nitrogen and oxygen atoms in total. The molecular formula is C24H30N6O. The third kappa shape index (κ3) is 4.56. The van der Waals surface area contributed by atoms with Crippen LogP contribution < -0.4 is 9.80 Å². The van der Waals surface area contributed by atoms with Crippen LogP contribution in [0.25, 0.3) is 11.3 Å². The summed E-state index contributed by atoms with van der Waals surface area (Å²) in [4.78, 5) is 9.11. The first kappa shape index (κ1) is 20.0. The highest BCUT2D eigenvalue weighted by atomic mass is 16.5. The minimum absolute atomic E-state index is 0.261. The Kier molecular flexibility index (Phi) is 5.84. The molecule has 2 aliphatic rings. The summed E-state index contributed by atoms with van der Waals surface area (Å²) in [5, 5.41) is 8.77. The van der Waals surface area contributed by atoms with Gasteiger partial charge in [0.2, 0.25) is 0 Å². The van der Waals surface area contributed by atoms with Crippen molar-refractivity contribution in [1.29, 1.82) is 0 Å². The lowest BCUT2D eigenvalue weighted by Gasteiger charge is -2.37. The van der Waals surface area contributed by atoms with Crippen molar-refractivity contribution in [3.05, 3.63) is 54.5 Å². The lowest BCUT2D eigenvalue weighted by molar-refractivity contribution is 0.00370. The minimum Gasteiger partial charge on any atom is -0.376 e. The van der Waals surface area contributed by atoms with Crippen molar-refractivity contribution < 1.29 is 4.74 Å². The monoisotopic (exact) mass is 418 g/mol. The molecule has 3 aromatic rings. The Morgan fingerprint density at radius 3 is 2.58 bits per heavy atom. The summed E-state index contributed by atoms with van der Waals surface area (Å²) in [5.41, 5.74) is 5.79. The second-order valence-electron chi connectivity index (χ2n) is 8.50. The lowest BCUT2D eigenvalue weighted by Crippen LogP contribution is -2.46. The normalized spacial score (nSPS) is 19.6. The van der Waals surface area contributed by atoms with Crippen molar-refractivity contribution in [1.82, 2.24) is 20.0 Å². The van der Waals surface area contributed by atoms with Gasteiger partial charge in [-0.05, 0) is 56.0 Å². The zero-order chi connectivity index (χ0) is 21.0. The van der Waals surface area contributed by atoms with Gasteiger partial charge in [-0.1, -0.05) is 11.3 Å². The third-order valence-electron chi connectivity index (χ3n) is 6.35. The predicted octanol–water partition coefficient (Wildman–Crippen LogP) is 3.54. The molecule has 4 heterocycles. The Hall–Kier alpha value is -2.93. The fourth-order valence-electron chi connectivity index (χ4n) is 4.57. The zero-order valence-electron chi connectivity index (χ0n) is 18.2. The highest BCUT2D eigenvalue weighted by molar-refractivity contribution is 5.67. The van der Waals surface area contributed by atoms with Gasteiger partial charge in [0.1, 0.15) is 5.69 Å². The summed E-state index contributed by atoms with van der Waals surface area (Å²) >= 11 is 0. The maximum atomic E-state index is 5.84.